The van der Waals surface area contributed by atoms with Gasteiger partial charge in [0.15, 0.2) is 0 Å². The van der Waals surface area contributed by atoms with Crippen LogP contribution in [0.25, 0.3) is 36.5 Å². The minimum atomic E-state index is 0.410. The molecule has 2 aromatic heterocycles. The van der Waals surface area contributed by atoms with Gasteiger partial charge < -0.3 is 4.85 Å². The highest BCUT2D eigenvalue weighted by Crippen LogP contribution is 2.39. The summed E-state index contributed by atoms with van der Waals surface area (Å²) in [6.07, 6.45) is 0. The number of fused-ring (bicyclic) bond motifs is 3. The highest BCUT2D eigenvalue weighted by atomic mass is 79.9. The first kappa shape index (κ1) is 13.4. The number of benzene rings is 2. The Bertz CT molecular complexity index is 1050. The zero-order valence-corrected chi connectivity index (χ0v) is 13.6. The molecule has 0 saturated heterocycles. The lowest BCUT2D eigenvalue weighted by atomic mass is 10.2. The van der Waals surface area contributed by atoms with E-state index in [1.165, 1.54) is 0 Å². The lowest BCUT2D eigenvalue weighted by molar-refractivity contribution is 1.25. The van der Waals surface area contributed by atoms with Gasteiger partial charge in [-0.05, 0) is 35.7 Å². The molecule has 0 unspecified atom stereocenters. The van der Waals surface area contributed by atoms with Crippen molar-refractivity contribution < 1.29 is 0 Å². The summed E-state index contributed by atoms with van der Waals surface area (Å²) in [6.45, 7) is 7.48. The molecule has 104 valence electrons. The summed E-state index contributed by atoms with van der Waals surface area (Å²) in [5, 5.41) is 1.87. The molecule has 0 spiro atoms. The van der Waals surface area contributed by atoms with Crippen LogP contribution in [-0.4, -0.2) is 9.97 Å². The lowest BCUT2D eigenvalue weighted by Gasteiger charge is -1.99. The fourth-order valence-corrected chi connectivity index (χ4v) is 3.84. The van der Waals surface area contributed by atoms with E-state index in [2.05, 4.69) is 30.7 Å². The molecule has 4 rings (SSSR count). The minimum Gasteiger partial charge on any atom is -0.360 e. The summed E-state index contributed by atoms with van der Waals surface area (Å²) in [7, 11) is 0. The quantitative estimate of drug-likeness (QED) is 0.397. The van der Waals surface area contributed by atoms with Gasteiger partial charge in [-0.25, -0.2) is 0 Å². The molecule has 0 N–H and O–H groups in total. The third-order valence-corrected chi connectivity index (χ3v) is 4.97. The normalized spacial score (nSPS) is 10.9. The zero-order chi connectivity index (χ0) is 15.1. The second-order valence-electron chi connectivity index (χ2n) is 4.77. The zero-order valence-electron chi connectivity index (χ0n) is 11.2. The van der Waals surface area contributed by atoms with Crippen LogP contribution in [-0.2, 0) is 0 Å². The number of aromatic nitrogens is 2. The fraction of sp³-hybridized carbons (Fsp3) is 0. The van der Waals surface area contributed by atoms with Crippen LogP contribution >= 0.6 is 27.3 Å². The first-order chi connectivity index (χ1) is 10.8. The number of rotatable bonds is 1. The minimum absolute atomic E-state index is 0.410. The van der Waals surface area contributed by atoms with E-state index in [9.17, 15) is 0 Å². The molecule has 22 heavy (non-hydrogen) atoms. The van der Waals surface area contributed by atoms with Crippen molar-refractivity contribution in [1.82, 2.24) is 9.97 Å². The maximum atomic E-state index is 7.48. The molecule has 3 nitrogen and oxygen atoms in total. The average Bonchev–Trinajstić information content (AvgIpc) is 2.92. The Morgan fingerprint density at radius 1 is 1.05 bits per heavy atom. The molecule has 0 radical (unpaired) electrons. The molecule has 0 aliphatic heterocycles. The fourth-order valence-electron chi connectivity index (χ4n) is 2.43. The van der Waals surface area contributed by atoms with Gasteiger partial charge in [0.1, 0.15) is 4.83 Å². The molecular formula is C17H8BrN3S. The number of thiophene rings is 1. The van der Waals surface area contributed by atoms with Gasteiger partial charge in [0.25, 0.3) is 11.6 Å². The molecule has 0 amide bonds. The Morgan fingerprint density at radius 3 is 2.64 bits per heavy atom. The van der Waals surface area contributed by atoms with E-state index in [4.69, 9.17) is 6.57 Å². The molecule has 2 heterocycles. The molecule has 0 bridgehead atoms. The van der Waals surface area contributed by atoms with Crippen molar-refractivity contribution in [1.29, 1.82) is 0 Å². The van der Waals surface area contributed by atoms with E-state index >= 15 is 0 Å². The van der Waals surface area contributed by atoms with Crippen molar-refractivity contribution in [3.8, 4) is 11.4 Å². The number of hydrogen-bond donors (Lipinski definition) is 0. The maximum Gasteiger partial charge on any atom is 0.282 e. The Balaban J connectivity index is 2.09. The summed E-state index contributed by atoms with van der Waals surface area (Å²) in [4.78, 5) is 13.6. The van der Waals surface area contributed by atoms with Crippen molar-refractivity contribution >= 4 is 53.4 Å². The Labute approximate surface area is 139 Å². The highest BCUT2D eigenvalue weighted by Gasteiger charge is 2.16. The van der Waals surface area contributed by atoms with Gasteiger partial charge in [-0.2, -0.15) is 4.98 Å². The van der Waals surface area contributed by atoms with Crippen molar-refractivity contribution in [3.63, 3.8) is 0 Å². The van der Waals surface area contributed by atoms with Crippen LogP contribution in [0, 0.1) is 6.57 Å². The van der Waals surface area contributed by atoms with E-state index < -0.39 is 0 Å². The van der Waals surface area contributed by atoms with E-state index in [1.54, 1.807) is 11.3 Å². The van der Waals surface area contributed by atoms with E-state index in [1.807, 2.05) is 48.5 Å². The standard InChI is InChI=1S/C17H8BrN3S/c1-19-16-14-12-9-11(18)7-8-13(12)22-17(14)21-15(20-16)10-5-3-2-4-6-10/h2-9H. The first-order valence-electron chi connectivity index (χ1n) is 6.59. The molecule has 2 aromatic carbocycles. The van der Waals surface area contributed by atoms with Crippen LogP contribution in [0.3, 0.4) is 0 Å². The predicted octanol–water partition coefficient (Wildman–Crippen LogP) is 5.82. The average molecular weight is 366 g/mol. The van der Waals surface area contributed by atoms with Crippen LogP contribution in [0.2, 0.25) is 0 Å². The van der Waals surface area contributed by atoms with Crippen LogP contribution < -0.4 is 0 Å². The second kappa shape index (κ2) is 5.16. The number of nitrogens with zero attached hydrogens (tertiary/aromatic N) is 3. The SMILES string of the molecule is [C-]#[N+]c1nc(-c2ccccc2)nc2sc3ccc(Br)cc3c12. The molecule has 4 aromatic rings. The number of halogens is 1. The summed E-state index contributed by atoms with van der Waals surface area (Å²) < 4.78 is 2.10. The summed E-state index contributed by atoms with van der Waals surface area (Å²) in [5.41, 5.74) is 0.924. The predicted molar refractivity (Wildman–Crippen MR) is 94.3 cm³/mol. The third kappa shape index (κ3) is 2.08. The first-order valence-corrected chi connectivity index (χ1v) is 8.20. The highest BCUT2D eigenvalue weighted by molar-refractivity contribution is 9.10. The molecule has 0 aliphatic rings. The Hall–Kier alpha value is -2.29. The van der Waals surface area contributed by atoms with Gasteiger partial charge in [0.05, 0.1) is 0 Å². The van der Waals surface area contributed by atoms with Crippen molar-refractivity contribution in [2.75, 3.05) is 0 Å². The lowest BCUT2D eigenvalue weighted by Crippen LogP contribution is -1.88. The summed E-state index contributed by atoms with van der Waals surface area (Å²) in [6, 6.07) is 15.8. The van der Waals surface area contributed by atoms with E-state index in [0.717, 1.165) is 30.3 Å². The number of hydrogen-bond acceptors (Lipinski definition) is 3. The van der Waals surface area contributed by atoms with Crippen LogP contribution in [0.1, 0.15) is 0 Å². The molecule has 0 atom stereocenters. The van der Waals surface area contributed by atoms with Gasteiger partial charge in [0, 0.05) is 20.1 Å². The monoisotopic (exact) mass is 365 g/mol. The van der Waals surface area contributed by atoms with Gasteiger partial charge in [-0.15, -0.1) is 11.3 Å². The van der Waals surface area contributed by atoms with Crippen molar-refractivity contribution in [2.45, 2.75) is 0 Å². The third-order valence-electron chi connectivity index (χ3n) is 3.41. The smallest absolute Gasteiger partial charge is 0.282 e. The largest absolute Gasteiger partial charge is 0.360 e. The summed E-state index contributed by atoms with van der Waals surface area (Å²) >= 11 is 5.08. The molecule has 0 saturated carbocycles. The van der Waals surface area contributed by atoms with Crippen LogP contribution in [0.4, 0.5) is 5.82 Å². The summed E-state index contributed by atoms with van der Waals surface area (Å²) in [5.74, 6) is 1.01. The molecule has 0 aliphatic carbocycles. The van der Waals surface area contributed by atoms with Crippen molar-refractivity contribution in [2.24, 2.45) is 0 Å². The van der Waals surface area contributed by atoms with Crippen molar-refractivity contribution in [3.05, 3.63) is 64.4 Å². The van der Waals surface area contributed by atoms with E-state index in [-0.39, 0.29) is 0 Å². The van der Waals surface area contributed by atoms with E-state index in [0.29, 0.717) is 11.6 Å². The second-order valence-corrected chi connectivity index (χ2v) is 6.72. The Morgan fingerprint density at radius 2 is 1.86 bits per heavy atom. The molecular weight excluding hydrogens is 358 g/mol. The Kier molecular flexibility index (Phi) is 3.14. The molecule has 0 fully saturated rings. The van der Waals surface area contributed by atoms with Gasteiger partial charge in [-0.1, -0.05) is 45.7 Å². The van der Waals surface area contributed by atoms with Crippen LogP contribution in [0.15, 0.2) is 53.0 Å². The molecule has 5 heteroatoms. The van der Waals surface area contributed by atoms with Gasteiger partial charge >= 0.3 is 0 Å². The van der Waals surface area contributed by atoms with Gasteiger partial charge in [-0.3, -0.25) is 0 Å². The topological polar surface area (TPSA) is 30.1 Å². The van der Waals surface area contributed by atoms with Gasteiger partial charge in [0.2, 0.25) is 0 Å². The maximum absolute atomic E-state index is 7.48. The van der Waals surface area contributed by atoms with Crippen LogP contribution in [0.5, 0.6) is 0 Å².